The molecule has 1 amide bonds. The van der Waals surface area contributed by atoms with Crippen molar-refractivity contribution in [2.45, 2.75) is 119 Å². The van der Waals surface area contributed by atoms with Crippen molar-refractivity contribution in [3.8, 4) is 0 Å². The number of ketones is 2. The van der Waals surface area contributed by atoms with Crippen LogP contribution in [0.3, 0.4) is 0 Å². The van der Waals surface area contributed by atoms with Crippen LogP contribution in [0.1, 0.15) is 94.9 Å². The van der Waals surface area contributed by atoms with Crippen LogP contribution in [-0.4, -0.2) is 87.7 Å². The van der Waals surface area contributed by atoms with Crippen LogP contribution < -0.4 is 22.5 Å². The molecule has 0 aliphatic carbocycles. The molecule has 0 aliphatic heterocycles. The number of rotatable bonds is 16. The Hall–Kier alpha value is -2.90. The zero-order chi connectivity index (χ0) is 32.0. The van der Waals surface area contributed by atoms with Gasteiger partial charge >= 0.3 is 0 Å². The zero-order valence-corrected chi connectivity index (χ0v) is 25.6. The number of aliphatic hydroxyl groups is 3. The van der Waals surface area contributed by atoms with Crippen LogP contribution in [0.4, 0.5) is 0 Å². The predicted octanol–water partition coefficient (Wildman–Crippen LogP) is 1.29. The van der Waals surface area contributed by atoms with E-state index in [4.69, 9.17) is 27.7 Å². The van der Waals surface area contributed by atoms with Crippen molar-refractivity contribution in [2.24, 2.45) is 39.0 Å². The lowest BCUT2D eigenvalue weighted by Gasteiger charge is -2.12. The third-order valence-electron chi connectivity index (χ3n) is 5.00. The average Bonchev–Trinajstić information content (AvgIpc) is 2.83. The van der Waals surface area contributed by atoms with Crippen LogP contribution in [-0.2, 0) is 14.4 Å². The van der Waals surface area contributed by atoms with E-state index in [1.165, 1.54) is 0 Å². The van der Waals surface area contributed by atoms with Crippen molar-refractivity contribution in [3.63, 3.8) is 0 Å². The number of carbonyl (C=O) groups is 3. The van der Waals surface area contributed by atoms with Crippen molar-refractivity contribution < 1.29 is 29.7 Å². The molecular formula is C28H59N7O6. The molecule has 11 N–H and O–H groups in total. The number of guanidine groups is 1. The van der Waals surface area contributed by atoms with E-state index in [1.54, 1.807) is 41.5 Å². The van der Waals surface area contributed by atoms with E-state index >= 15 is 0 Å². The van der Waals surface area contributed by atoms with Gasteiger partial charge in [0.25, 0.3) is 0 Å². The van der Waals surface area contributed by atoms with E-state index in [9.17, 15) is 24.6 Å². The van der Waals surface area contributed by atoms with Gasteiger partial charge in [-0.25, -0.2) is 0 Å². The summed E-state index contributed by atoms with van der Waals surface area (Å²) in [4.78, 5) is 41.0. The predicted molar refractivity (Wildman–Crippen MR) is 167 cm³/mol. The lowest BCUT2D eigenvalue weighted by molar-refractivity contribution is -0.130. The highest BCUT2D eigenvalue weighted by molar-refractivity contribution is 5.85. The van der Waals surface area contributed by atoms with E-state index < -0.39 is 18.3 Å². The average molecular weight is 590 g/mol. The summed E-state index contributed by atoms with van der Waals surface area (Å²) < 4.78 is 0. The first kappa shape index (κ1) is 45.1. The van der Waals surface area contributed by atoms with Crippen molar-refractivity contribution >= 4 is 35.0 Å². The van der Waals surface area contributed by atoms with Crippen molar-refractivity contribution in [1.29, 1.82) is 5.41 Å². The summed E-state index contributed by atoms with van der Waals surface area (Å²) in [5, 5.41) is 37.8. The molecule has 3 atom stereocenters. The maximum atomic E-state index is 11.3. The third kappa shape index (κ3) is 29.9. The molecule has 0 aliphatic rings. The molecule has 13 heteroatoms. The first-order valence-corrected chi connectivity index (χ1v) is 13.6. The summed E-state index contributed by atoms with van der Waals surface area (Å²) in [6, 6.07) is 0.0523. The minimum absolute atomic E-state index is 0. The fourth-order valence-corrected chi connectivity index (χ4v) is 2.81. The molecule has 0 aromatic carbocycles. The largest absolute Gasteiger partial charge is 0.388 e. The Morgan fingerprint density at radius 3 is 1.63 bits per heavy atom. The van der Waals surface area contributed by atoms with E-state index in [2.05, 4.69) is 15.3 Å². The quantitative estimate of drug-likeness (QED) is 0.0732. The number of aliphatic hydroxyl groups excluding tert-OH is 3. The Morgan fingerprint density at radius 1 is 0.780 bits per heavy atom. The Kier molecular flexibility index (Phi) is 28.6. The molecule has 0 spiro atoms. The smallest absolute Gasteiger partial charge is 0.249 e. The SMILES string of the molecule is C.CC(=N)CCCC(O)C(=O)C(C)C.CC(C)C(=O)C(O)CN=C(N)N.CC(N)=NCCCC(O)C(=O)NC(C)C. The molecule has 0 rings (SSSR count). The molecule has 0 heterocycles. The maximum absolute atomic E-state index is 11.3. The topological polar surface area (TPSA) is 251 Å². The number of aliphatic imine (C=N–C) groups is 2. The van der Waals surface area contributed by atoms with Crippen molar-refractivity contribution in [1.82, 2.24) is 5.32 Å². The number of amides is 1. The summed E-state index contributed by atoms with van der Waals surface area (Å²) in [7, 11) is 0. The van der Waals surface area contributed by atoms with Gasteiger partial charge in [0.05, 0.1) is 12.4 Å². The van der Waals surface area contributed by atoms with Gasteiger partial charge in [0, 0.05) is 30.1 Å². The van der Waals surface area contributed by atoms with Crippen molar-refractivity contribution in [3.05, 3.63) is 0 Å². The van der Waals surface area contributed by atoms with Gasteiger partial charge in [-0.05, 0) is 59.8 Å². The minimum atomic E-state index is -1.09. The highest BCUT2D eigenvalue weighted by Gasteiger charge is 2.18. The van der Waals surface area contributed by atoms with E-state index in [0.29, 0.717) is 43.8 Å². The number of nitrogens with zero attached hydrogens (tertiary/aromatic N) is 2. The summed E-state index contributed by atoms with van der Waals surface area (Å²) in [6.45, 7) is 14.6. The number of amidine groups is 1. The first-order chi connectivity index (χ1) is 18.3. The van der Waals surface area contributed by atoms with Crippen LogP contribution in [0.25, 0.3) is 0 Å². The molecule has 0 fully saturated rings. The van der Waals surface area contributed by atoms with Gasteiger partial charge in [0.15, 0.2) is 17.5 Å². The van der Waals surface area contributed by atoms with Crippen LogP contribution in [0.15, 0.2) is 9.98 Å². The second-order valence-corrected chi connectivity index (χ2v) is 10.4. The molecule has 0 bridgehead atoms. The summed E-state index contributed by atoms with van der Waals surface area (Å²) in [5.74, 6) is -0.562. The molecule has 242 valence electrons. The normalized spacial score (nSPS) is 13.0. The fourth-order valence-electron chi connectivity index (χ4n) is 2.81. The minimum Gasteiger partial charge on any atom is -0.388 e. The lowest BCUT2D eigenvalue weighted by Crippen LogP contribution is -2.38. The number of nitrogens with one attached hydrogen (secondary N) is 2. The number of Topliss-reactive ketones (excluding diaryl/α,β-unsaturated/α-hetero) is 2. The fraction of sp³-hybridized carbons (Fsp3) is 0.786. The van der Waals surface area contributed by atoms with Gasteiger partial charge in [-0.1, -0.05) is 35.1 Å². The second-order valence-electron chi connectivity index (χ2n) is 10.4. The molecule has 41 heavy (non-hydrogen) atoms. The molecule has 13 nitrogen and oxygen atoms in total. The summed E-state index contributed by atoms with van der Waals surface area (Å²) in [5.41, 5.74) is 16.0. The van der Waals surface area contributed by atoms with Crippen molar-refractivity contribution in [2.75, 3.05) is 13.1 Å². The van der Waals surface area contributed by atoms with E-state index in [1.807, 2.05) is 13.8 Å². The van der Waals surface area contributed by atoms with Gasteiger partial charge in [-0.15, -0.1) is 0 Å². The zero-order valence-electron chi connectivity index (χ0n) is 25.6. The Bertz CT molecular complexity index is 806. The first-order valence-electron chi connectivity index (χ1n) is 13.6. The van der Waals surface area contributed by atoms with Gasteiger partial charge in [0.1, 0.15) is 18.3 Å². The van der Waals surface area contributed by atoms with Crippen LogP contribution in [0.2, 0.25) is 0 Å². The molecule has 0 saturated heterocycles. The van der Waals surface area contributed by atoms with Crippen LogP contribution in [0.5, 0.6) is 0 Å². The van der Waals surface area contributed by atoms with Gasteiger partial charge in [0.2, 0.25) is 5.91 Å². The number of hydrogen-bond acceptors (Lipinski definition) is 9. The summed E-state index contributed by atoms with van der Waals surface area (Å²) >= 11 is 0. The molecule has 0 saturated carbocycles. The third-order valence-corrected chi connectivity index (χ3v) is 5.00. The Labute approximate surface area is 247 Å². The standard InChI is InChI=1S/C10H21N3O2.C10H19NO2.C7H15N3O2.CH4/c1-7(2)13-10(15)9(14)5-4-6-12-8(3)11;1-7(2)10(13)9(12)6-4-5-8(3)11;1-4(2)6(12)5(11)3-10-7(8)9;/h7,9,14H,4-6H2,1-3H3,(H2,11,12)(H,13,15);7,9,11-12H,4-6H2,1-3H3;4-5,11H,3H2,1-2H3,(H4,8,9,10);1H4. The monoisotopic (exact) mass is 589 g/mol. The molecular weight excluding hydrogens is 530 g/mol. The highest BCUT2D eigenvalue weighted by Crippen LogP contribution is 2.07. The Balaban J connectivity index is -0.000000249. The molecule has 3 unspecified atom stereocenters. The summed E-state index contributed by atoms with van der Waals surface area (Å²) in [6.07, 6.45) is 0.0633. The highest BCUT2D eigenvalue weighted by atomic mass is 16.3. The van der Waals surface area contributed by atoms with Gasteiger partial charge < -0.3 is 43.2 Å². The van der Waals surface area contributed by atoms with Gasteiger partial charge in [-0.2, -0.15) is 0 Å². The maximum Gasteiger partial charge on any atom is 0.249 e. The molecule has 0 aromatic rings. The second kappa shape index (κ2) is 26.0. The van der Waals surface area contributed by atoms with Gasteiger partial charge in [-0.3, -0.25) is 24.4 Å². The Morgan fingerprint density at radius 2 is 1.24 bits per heavy atom. The van der Waals surface area contributed by atoms with E-state index in [-0.39, 0.29) is 55.3 Å². The molecule has 0 aromatic heterocycles. The van der Waals surface area contributed by atoms with Crippen LogP contribution in [0, 0.1) is 17.2 Å². The van der Waals surface area contributed by atoms with E-state index in [0.717, 1.165) is 6.42 Å². The molecule has 0 radical (unpaired) electrons. The number of nitrogens with two attached hydrogens (primary N) is 3. The lowest BCUT2D eigenvalue weighted by atomic mass is 9.99. The van der Waals surface area contributed by atoms with Crippen LogP contribution >= 0.6 is 0 Å². The number of hydrogen-bond donors (Lipinski definition) is 8. The number of carbonyl (C=O) groups excluding carboxylic acids is 3.